The second kappa shape index (κ2) is 12.5. The molecule has 12 aromatic rings. The van der Waals surface area contributed by atoms with Crippen molar-refractivity contribution >= 4 is 85.4 Å². The molecule has 0 unspecified atom stereocenters. The monoisotopic (exact) mass is 778 g/mol. The molecule has 0 amide bonds. The summed E-state index contributed by atoms with van der Waals surface area (Å²) in [5.41, 5.74) is 13.1. The van der Waals surface area contributed by atoms with E-state index in [1.165, 1.54) is 130 Å². The molecule has 0 radical (unpaired) electrons. The molecule has 0 saturated carbocycles. The lowest BCUT2D eigenvalue weighted by Gasteiger charge is -2.23. The first-order valence-corrected chi connectivity index (χ1v) is 21.8. The third kappa shape index (κ3) is 4.61. The molecular weight excluding hydrogens is 741 g/mol. The molecule has 0 bridgehead atoms. The Morgan fingerprint density at radius 1 is 0.317 bits per heavy atom. The van der Waals surface area contributed by atoms with Gasteiger partial charge in [0.15, 0.2) is 0 Å². The quantitative estimate of drug-likeness (QED) is 0.124. The zero-order valence-electron chi connectivity index (χ0n) is 33.4. The summed E-state index contributed by atoms with van der Waals surface area (Å²) in [4.78, 5) is 0. The van der Waals surface area contributed by atoms with Crippen molar-refractivity contribution in [1.29, 1.82) is 0 Å². The Kier molecular flexibility index (Phi) is 7.04. The fraction of sp³-hybridized carbons (Fsp3) is 0.0508. The Balaban J connectivity index is 1.07. The van der Waals surface area contributed by atoms with Crippen LogP contribution >= 0.6 is 11.3 Å². The molecule has 0 aliphatic heterocycles. The molecule has 0 saturated heterocycles. The second-order valence-electron chi connectivity index (χ2n) is 17.1. The van der Waals surface area contributed by atoms with Crippen LogP contribution in [0.1, 0.15) is 25.0 Å². The second-order valence-corrected chi connectivity index (χ2v) is 18.1. The van der Waals surface area contributed by atoms with Gasteiger partial charge in [0, 0.05) is 36.5 Å². The molecule has 11 aromatic carbocycles. The Bertz CT molecular complexity index is 3750. The maximum Gasteiger partial charge on any atom is 0.0440 e. The van der Waals surface area contributed by atoms with Crippen molar-refractivity contribution in [2.24, 2.45) is 0 Å². The smallest absolute Gasteiger partial charge is 0.0440 e. The van der Waals surface area contributed by atoms with Crippen LogP contribution in [-0.2, 0) is 5.41 Å². The van der Waals surface area contributed by atoms with Gasteiger partial charge in [0.2, 0.25) is 0 Å². The molecule has 13 rings (SSSR count). The van der Waals surface area contributed by atoms with Gasteiger partial charge >= 0.3 is 0 Å². The molecule has 1 aliphatic carbocycles. The Morgan fingerprint density at radius 3 is 1.50 bits per heavy atom. The third-order valence-electron chi connectivity index (χ3n) is 13.6. The maximum absolute atomic E-state index is 2.48. The van der Waals surface area contributed by atoms with Crippen LogP contribution in [0.5, 0.6) is 0 Å². The van der Waals surface area contributed by atoms with E-state index in [1.807, 2.05) is 11.3 Å². The molecule has 0 spiro atoms. The van der Waals surface area contributed by atoms with Crippen molar-refractivity contribution in [2.75, 3.05) is 0 Å². The third-order valence-corrected chi connectivity index (χ3v) is 14.9. The number of rotatable bonds is 3. The van der Waals surface area contributed by atoms with Crippen LogP contribution in [0, 0.1) is 0 Å². The van der Waals surface area contributed by atoms with E-state index in [4.69, 9.17) is 0 Å². The van der Waals surface area contributed by atoms with Gasteiger partial charge in [0.1, 0.15) is 0 Å². The van der Waals surface area contributed by atoms with Crippen molar-refractivity contribution in [3.05, 3.63) is 205 Å². The summed E-state index contributed by atoms with van der Waals surface area (Å²) in [6.45, 7) is 4.75. The molecule has 0 fully saturated rings. The summed E-state index contributed by atoms with van der Waals surface area (Å²) >= 11 is 1.95. The predicted molar refractivity (Wildman–Crippen MR) is 261 cm³/mol. The summed E-state index contributed by atoms with van der Waals surface area (Å²) in [6, 6.07) is 73.0. The Hall–Kier alpha value is -7.06. The van der Waals surface area contributed by atoms with Crippen molar-refractivity contribution in [3.63, 3.8) is 0 Å². The van der Waals surface area contributed by atoms with Crippen LogP contribution in [0.4, 0.5) is 0 Å². The van der Waals surface area contributed by atoms with Gasteiger partial charge in [-0.05, 0) is 117 Å². The fourth-order valence-electron chi connectivity index (χ4n) is 10.9. The topological polar surface area (TPSA) is 0 Å². The first-order valence-electron chi connectivity index (χ1n) is 21.0. The summed E-state index contributed by atoms with van der Waals surface area (Å²) in [7, 11) is 0. The minimum atomic E-state index is -0.0738. The molecule has 0 N–H and O–H groups in total. The zero-order chi connectivity index (χ0) is 39.7. The van der Waals surface area contributed by atoms with Gasteiger partial charge in [-0.25, -0.2) is 0 Å². The normalized spacial score (nSPS) is 13.3. The first-order chi connectivity index (χ1) is 29.5. The van der Waals surface area contributed by atoms with Crippen LogP contribution in [0.3, 0.4) is 0 Å². The first kappa shape index (κ1) is 33.9. The SMILES string of the molecule is CC1(C)c2ccccc2-c2ccc(-c3c4ccccc4c(-c4cccc(-c5c6ccccc6cc6c5sc5c7ccccc7c7ccccc7c65)c4)c4ccccc34)cc21. The van der Waals surface area contributed by atoms with E-state index in [0.29, 0.717) is 0 Å². The van der Waals surface area contributed by atoms with E-state index in [1.54, 1.807) is 0 Å². The molecule has 1 aromatic heterocycles. The van der Waals surface area contributed by atoms with Gasteiger partial charge in [-0.2, -0.15) is 0 Å². The highest BCUT2D eigenvalue weighted by atomic mass is 32.1. The van der Waals surface area contributed by atoms with Crippen LogP contribution in [-0.4, -0.2) is 0 Å². The highest BCUT2D eigenvalue weighted by Crippen LogP contribution is 2.53. The number of hydrogen-bond acceptors (Lipinski definition) is 1. The number of hydrogen-bond donors (Lipinski definition) is 0. The van der Waals surface area contributed by atoms with E-state index in [2.05, 4.69) is 208 Å². The molecule has 1 aliphatic rings. The lowest BCUT2D eigenvalue weighted by atomic mass is 9.80. The highest BCUT2D eigenvalue weighted by Gasteiger charge is 2.35. The summed E-state index contributed by atoms with van der Waals surface area (Å²) in [5.74, 6) is 0. The number of fused-ring (bicyclic) bond motifs is 14. The summed E-state index contributed by atoms with van der Waals surface area (Å²) in [6.07, 6.45) is 0. The van der Waals surface area contributed by atoms with E-state index < -0.39 is 0 Å². The van der Waals surface area contributed by atoms with E-state index in [-0.39, 0.29) is 5.41 Å². The van der Waals surface area contributed by atoms with Gasteiger partial charge in [-0.1, -0.05) is 190 Å². The van der Waals surface area contributed by atoms with Crippen molar-refractivity contribution in [3.8, 4) is 44.5 Å². The van der Waals surface area contributed by atoms with Crippen LogP contribution in [0.2, 0.25) is 0 Å². The molecule has 1 heterocycles. The van der Waals surface area contributed by atoms with Gasteiger partial charge in [0.25, 0.3) is 0 Å². The van der Waals surface area contributed by atoms with E-state index in [0.717, 1.165) is 0 Å². The molecular formula is C59H38S. The lowest BCUT2D eigenvalue weighted by molar-refractivity contribution is 0.660. The zero-order valence-corrected chi connectivity index (χ0v) is 34.2. The average molecular weight is 779 g/mol. The fourth-order valence-corrected chi connectivity index (χ4v) is 12.3. The van der Waals surface area contributed by atoms with Crippen LogP contribution in [0.15, 0.2) is 194 Å². The van der Waals surface area contributed by atoms with Crippen molar-refractivity contribution < 1.29 is 0 Å². The van der Waals surface area contributed by atoms with E-state index in [9.17, 15) is 0 Å². The number of thiophene rings is 1. The molecule has 0 atom stereocenters. The highest BCUT2D eigenvalue weighted by molar-refractivity contribution is 7.27. The average Bonchev–Trinajstić information content (AvgIpc) is 3.79. The van der Waals surface area contributed by atoms with E-state index >= 15 is 0 Å². The minimum absolute atomic E-state index is 0.0738. The molecule has 1 heteroatoms. The Morgan fingerprint density at radius 2 is 0.817 bits per heavy atom. The standard InChI is InChI=1S/C59H38S/c1-59(2)51-29-14-13-22-42(51)43-31-30-38(34-52(43)59)54-47-26-10-8-24-45(47)53(46-25-9-11-27-48(46)54)36-17-15-18-37(32-36)55-39-19-4-3-16-35(39)33-50-56-44-23-7-5-20-40(44)41-21-6-12-28-49(41)57(56)60-58(50)55/h3-34H,1-2H3. The van der Waals surface area contributed by atoms with Crippen molar-refractivity contribution in [1.82, 2.24) is 0 Å². The minimum Gasteiger partial charge on any atom is -0.134 e. The molecule has 0 nitrogen and oxygen atoms in total. The van der Waals surface area contributed by atoms with Gasteiger partial charge in [-0.15, -0.1) is 11.3 Å². The van der Waals surface area contributed by atoms with Crippen LogP contribution in [0.25, 0.3) is 119 Å². The molecule has 280 valence electrons. The van der Waals surface area contributed by atoms with Crippen LogP contribution < -0.4 is 0 Å². The maximum atomic E-state index is 2.48. The van der Waals surface area contributed by atoms with Gasteiger partial charge in [-0.3, -0.25) is 0 Å². The van der Waals surface area contributed by atoms with Gasteiger partial charge < -0.3 is 0 Å². The lowest BCUT2D eigenvalue weighted by Crippen LogP contribution is -2.14. The predicted octanol–water partition coefficient (Wildman–Crippen LogP) is 17.1. The number of benzene rings is 11. The summed E-state index contributed by atoms with van der Waals surface area (Å²) in [5, 5.41) is 15.6. The molecule has 60 heavy (non-hydrogen) atoms. The summed E-state index contributed by atoms with van der Waals surface area (Å²) < 4.78 is 2.70. The largest absolute Gasteiger partial charge is 0.134 e. The van der Waals surface area contributed by atoms with Gasteiger partial charge in [0.05, 0.1) is 0 Å². The van der Waals surface area contributed by atoms with Crippen molar-refractivity contribution in [2.45, 2.75) is 19.3 Å². The Labute approximate surface area is 352 Å².